The number of aliphatic hydroxyl groups is 1. The SMILES string of the molecule is CCOC(C)(C)[C@H](O)CC/C(C)=C/COc1c2ccoc2cc2oc(=O)ccc12. The maximum absolute atomic E-state index is 11.5. The van der Waals surface area contributed by atoms with E-state index in [0.717, 1.165) is 22.8 Å². The smallest absolute Gasteiger partial charge is 0.336 e. The summed E-state index contributed by atoms with van der Waals surface area (Å²) in [6, 6.07) is 6.61. The predicted molar refractivity (Wildman–Crippen MR) is 112 cm³/mol. The molecule has 0 aliphatic carbocycles. The van der Waals surface area contributed by atoms with Gasteiger partial charge in [-0.1, -0.05) is 5.57 Å². The molecule has 0 bridgehead atoms. The molecular weight excluding hydrogens is 372 g/mol. The highest BCUT2D eigenvalue weighted by Crippen LogP contribution is 2.35. The Bertz CT molecular complexity index is 1060. The molecule has 0 fully saturated rings. The summed E-state index contributed by atoms with van der Waals surface area (Å²) in [6.07, 6.45) is 4.38. The van der Waals surface area contributed by atoms with Crippen LogP contribution in [0.3, 0.4) is 0 Å². The number of fused-ring (bicyclic) bond motifs is 2. The van der Waals surface area contributed by atoms with Crippen molar-refractivity contribution < 1.29 is 23.4 Å². The maximum Gasteiger partial charge on any atom is 0.336 e. The molecule has 1 N–H and O–H groups in total. The molecule has 0 aliphatic heterocycles. The van der Waals surface area contributed by atoms with Crippen LogP contribution in [-0.4, -0.2) is 30.0 Å². The normalized spacial score (nSPS) is 13.9. The second-order valence-corrected chi connectivity index (χ2v) is 7.66. The Kier molecular flexibility index (Phi) is 6.45. The minimum Gasteiger partial charge on any atom is -0.488 e. The third-order valence-electron chi connectivity index (χ3n) is 5.10. The standard InChI is InChI=1S/C23H28O6/c1-5-28-23(3,4)20(24)8-6-15(2)10-12-27-22-16-7-9-21(25)29-19(16)14-18-17(22)11-13-26-18/h7,9-11,13-14,20,24H,5-6,8,12H2,1-4H3/b15-10+/t20-/m1/s1. The molecule has 0 amide bonds. The van der Waals surface area contributed by atoms with E-state index in [1.54, 1.807) is 18.4 Å². The fraction of sp³-hybridized carbons (Fsp3) is 0.435. The van der Waals surface area contributed by atoms with Gasteiger partial charge in [0.05, 0.1) is 28.7 Å². The van der Waals surface area contributed by atoms with E-state index in [1.807, 2.05) is 39.8 Å². The molecule has 1 aromatic carbocycles. The van der Waals surface area contributed by atoms with Gasteiger partial charge in [-0.25, -0.2) is 4.79 Å². The van der Waals surface area contributed by atoms with Crippen LogP contribution in [0.4, 0.5) is 0 Å². The maximum atomic E-state index is 11.5. The van der Waals surface area contributed by atoms with Gasteiger partial charge in [-0.3, -0.25) is 0 Å². The van der Waals surface area contributed by atoms with E-state index in [2.05, 4.69) is 0 Å². The first-order valence-corrected chi connectivity index (χ1v) is 9.86. The molecule has 3 rings (SSSR count). The summed E-state index contributed by atoms with van der Waals surface area (Å²) in [5, 5.41) is 11.9. The Morgan fingerprint density at radius 2 is 2.00 bits per heavy atom. The zero-order valence-corrected chi connectivity index (χ0v) is 17.4. The number of benzene rings is 1. The Balaban J connectivity index is 1.70. The van der Waals surface area contributed by atoms with Gasteiger partial charge in [-0.2, -0.15) is 0 Å². The molecule has 1 atom stereocenters. The first-order valence-electron chi connectivity index (χ1n) is 9.86. The van der Waals surface area contributed by atoms with Gasteiger partial charge in [0.2, 0.25) is 0 Å². The third-order valence-corrected chi connectivity index (χ3v) is 5.10. The molecule has 0 unspecified atom stereocenters. The first-order chi connectivity index (χ1) is 13.8. The minimum atomic E-state index is -0.564. The molecule has 0 saturated heterocycles. The molecule has 6 heteroatoms. The molecule has 6 nitrogen and oxygen atoms in total. The zero-order valence-electron chi connectivity index (χ0n) is 17.4. The highest BCUT2D eigenvalue weighted by Gasteiger charge is 2.27. The molecular formula is C23H28O6. The molecule has 0 spiro atoms. The van der Waals surface area contributed by atoms with E-state index in [-0.39, 0.29) is 0 Å². The van der Waals surface area contributed by atoms with Crippen molar-refractivity contribution in [3.05, 3.63) is 52.6 Å². The Labute approximate surface area is 169 Å². The molecule has 0 radical (unpaired) electrons. The highest BCUT2D eigenvalue weighted by molar-refractivity contribution is 6.01. The largest absolute Gasteiger partial charge is 0.488 e. The van der Waals surface area contributed by atoms with Crippen molar-refractivity contribution in [1.82, 2.24) is 0 Å². The number of hydrogen-bond donors (Lipinski definition) is 1. The lowest BCUT2D eigenvalue weighted by Crippen LogP contribution is -2.39. The zero-order chi connectivity index (χ0) is 21.0. The molecule has 156 valence electrons. The van der Waals surface area contributed by atoms with Gasteiger partial charge >= 0.3 is 5.63 Å². The summed E-state index contributed by atoms with van der Waals surface area (Å²) in [4.78, 5) is 11.5. The van der Waals surface area contributed by atoms with Gasteiger partial charge in [0.15, 0.2) is 0 Å². The van der Waals surface area contributed by atoms with Crippen LogP contribution in [0.1, 0.15) is 40.5 Å². The number of allylic oxidation sites excluding steroid dienone is 1. The predicted octanol–water partition coefficient (Wildman–Crippen LogP) is 4.82. The van der Waals surface area contributed by atoms with Crippen LogP contribution in [-0.2, 0) is 4.74 Å². The second-order valence-electron chi connectivity index (χ2n) is 7.66. The van der Waals surface area contributed by atoms with Crippen molar-refractivity contribution in [1.29, 1.82) is 0 Å². The van der Waals surface area contributed by atoms with Crippen molar-refractivity contribution in [3.8, 4) is 5.75 Å². The molecule has 2 heterocycles. The second kappa shape index (κ2) is 8.84. The fourth-order valence-electron chi connectivity index (χ4n) is 3.32. The monoisotopic (exact) mass is 400 g/mol. The number of aliphatic hydroxyl groups excluding tert-OH is 1. The van der Waals surface area contributed by atoms with Gasteiger partial charge < -0.3 is 23.4 Å². The summed E-state index contributed by atoms with van der Waals surface area (Å²) in [5.41, 5.74) is 1.16. The number of hydrogen-bond acceptors (Lipinski definition) is 6. The van der Waals surface area contributed by atoms with Crippen LogP contribution in [0.5, 0.6) is 5.75 Å². The third kappa shape index (κ3) is 4.89. The molecule has 0 saturated carbocycles. The van der Waals surface area contributed by atoms with Gasteiger partial charge in [0.1, 0.15) is 23.5 Å². The van der Waals surface area contributed by atoms with Gasteiger partial charge in [-0.05, 0) is 58.7 Å². The minimum absolute atomic E-state index is 0.356. The van der Waals surface area contributed by atoms with E-state index >= 15 is 0 Å². The fourth-order valence-corrected chi connectivity index (χ4v) is 3.32. The van der Waals surface area contributed by atoms with E-state index in [0.29, 0.717) is 36.6 Å². The van der Waals surface area contributed by atoms with Crippen LogP contribution in [0.25, 0.3) is 21.9 Å². The van der Waals surface area contributed by atoms with Crippen molar-refractivity contribution in [2.24, 2.45) is 0 Å². The average molecular weight is 400 g/mol. The number of rotatable bonds is 9. The van der Waals surface area contributed by atoms with Crippen molar-refractivity contribution in [2.45, 2.75) is 52.2 Å². The van der Waals surface area contributed by atoms with Crippen LogP contribution in [0.15, 0.2) is 55.8 Å². The van der Waals surface area contributed by atoms with Crippen LogP contribution < -0.4 is 10.4 Å². The van der Waals surface area contributed by atoms with Gasteiger partial charge in [-0.15, -0.1) is 0 Å². The van der Waals surface area contributed by atoms with Crippen LogP contribution in [0, 0.1) is 0 Å². The Morgan fingerprint density at radius 1 is 1.24 bits per heavy atom. The van der Waals surface area contributed by atoms with Crippen LogP contribution in [0.2, 0.25) is 0 Å². The lowest BCUT2D eigenvalue weighted by atomic mass is 9.95. The van der Waals surface area contributed by atoms with Gasteiger partial charge in [0.25, 0.3) is 0 Å². The van der Waals surface area contributed by atoms with Crippen molar-refractivity contribution in [3.63, 3.8) is 0 Å². The van der Waals surface area contributed by atoms with E-state index in [4.69, 9.17) is 18.3 Å². The number of furan rings is 1. The molecule has 2 aromatic heterocycles. The highest BCUT2D eigenvalue weighted by atomic mass is 16.5. The Morgan fingerprint density at radius 3 is 2.76 bits per heavy atom. The lowest BCUT2D eigenvalue weighted by Gasteiger charge is -2.30. The van der Waals surface area contributed by atoms with Crippen molar-refractivity contribution in [2.75, 3.05) is 13.2 Å². The van der Waals surface area contributed by atoms with Gasteiger partial charge in [0, 0.05) is 18.7 Å². The number of ether oxygens (including phenoxy) is 2. The summed E-state index contributed by atoms with van der Waals surface area (Å²) >= 11 is 0. The van der Waals surface area contributed by atoms with E-state index in [9.17, 15) is 9.90 Å². The molecule has 29 heavy (non-hydrogen) atoms. The van der Waals surface area contributed by atoms with Crippen molar-refractivity contribution >= 4 is 21.9 Å². The molecule has 0 aliphatic rings. The summed E-state index contributed by atoms with van der Waals surface area (Å²) in [5.74, 6) is 0.622. The Hall–Kier alpha value is -2.57. The van der Waals surface area contributed by atoms with E-state index < -0.39 is 17.3 Å². The average Bonchev–Trinajstić information content (AvgIpc) is 3.13. The summed E-state index contributed by atoms with van der Waals surface area (Å²) in [6.45, 7) is 8.66. The summed E-state index contributed by atoms with van der Waals surface area (Å²) in [7, 11) is 0. The van der Waals surface area contributed by atoms with E-state index in [1.165, 1.54) is 6.07 Å². The molecule has 3 aromatic rings. The topological polar surface area (TPSA) is 82.0 Å². The quantitative estimate of drug-likeness (QED) is 0.410. The summed E-state index contributed by atoms with van der Waals surface area (Å²) < 4.78 is 22.4. The first kappa shape index (κ1) is 21.1. The van der Waals surface area contributed by atoms with Crippen LogP contribution >= 0.6 is 0 Å². The lowest BCUT2D eigenvalue weighted by molar-refractivity contribution is -0.0983.